The fraction of sp³-hybridized carbons (Fsp3) is 0.273. The Morgan fingerprint density at radius 3 is 2.41 bits per heavy atom. The number of aromatic nitrogens is 2. The highest BCUT2D eigenvalue weighted by atomic mass is 32.2. The lowest BCUT2D eigenvalue weighted by Gasteiger charge is -2.34. The Labute approximate surface area is 184 Å². The van der Waals surface area contributed by atoms with E-state index in [4.69, 9.17) is 0 Å². The van der Waals surface area contributed by atoms with E-state index in [0.29, 0.717) is 12.5 Å². The highest BCUT2D eigenvalue weighted by molar-refractivity contribution is 7.89. The van der Waals surface area contributed by atoms with Crippen molar-refractivity contribution in [1.29, 1.82) is 0 Å². The summed E-state index contributed by atoms with van der Waals surface area (Å²) in [6.07, 6.45) is 4.40. The molecular formula is C22H22F2N4O3S. The minimum Gasteiger partial charge on any atom is -0.340 e. The quantitative estimate of drug-likeness (QED) is 0.567. The number of benzene rings is 2. The Balaban J connectivity index is 1.31. The number of amides is 1. The third-order valence-electron chi connectivity index (χ3n) is 5.39. The molecule has 0 spiro atoms. The molecule has 0 atom stereocenters. The zero-order valence-electron chi connectivity index (χ0n) is 17.2. The number of hydrogen-bond donors (Lipinski definition) is 0. The van der Waals surface area contributed by atoms with Gasteiger partial charge in [0.2, 0.25) is 15.9 Å². The van der Waals surface area contributed by atoms with E-state index in [2.05, 4.69) is 5.10 Å². The molecule has 3 aromatic rings. The molecule has 1 saturated heterocycles. The van der Waals surface area contributed by atoms with Crippen LogP contribution in [0.1, 0.15) is 12.0 Å². The Morgan fingerprint density at radius 2 is 1.72 bits per heavy atom. The number of rotatable bonds is 6. The normalized spacial score (nSPS) is 15.1. The fourth-order valence-corrected chi connectivity index (χ4v) is 5.09. The molecular weight excluding hydrogens is 438 g/mol. The molecule has 2 heterocycles. The van der Waals surface area contributed by atoms with Gasteiger partial charge in [-0.25, -0.2) is 21.9 Å². The SMILES string of the molecule is O=C(CCc1cnn(-c2ccccc2)c1)N1CCN(S(=O)(=O)c2ccc(F)cc2F)CC1. The summed E-state index contributed by atoms with van der Waals surface area (Å²) in [4.78, 5) is 13.6. The van der Waals surface area contributed by atoms with Gasteiger partial charge in [0.25, 0.3) is 0 Å². The monoisotopic (exact) mass is 460 g/mol. The molecule has 2 aromatic carbocycles. The third-order valence-corrected chi connectivity index (χ3v) is 7.32. The number of nitrogens with zero attached hydrogens (tertiary/aromatic N) is 4. The summed E-state index contributed by atoms with van der Waals surface area (Å²) in [5, 5.41) is 4.32. The van der Waals surface area contributed by atoms with E-state index in [1.165, 1.54) is 0 Å². The van der Waals surface area contributed by atoms with Crippen molar-refractivity contribution >= 4 is 15.9 Å². The van der Waals surface area contributed by atoms with Crippen LogP contribution >= 0.6 is 0 Å². The summed E-state index contributed by atoms with van der Waals surface area (Å²) in [5.41, 5.74) is 1.86. The van der Waals surface area contributed by atoms with Crippen LogP contribution in [0.2, 0.25) is 0 Å². The lowest BCUT2D eigenvalue weighted by Crippen LogP contribution is -2.50. The van der Waals surface area contributed by atoms with Gasteiger partial charge in [-0.1, -0.05) is 18.2 Å². The largest absolute Gasteiger partial charge is 0.340 e. The van der Waals surface area contributed by atoms with Gasteiger partial charge in [-0.3, -0.25) is 4.79 Å². The average Bonchev–Trinajstić information content (AvgIpc) is 3.27. The maximum Gasteiger partial charge on any atom is 0.246 e. The van der Waals surface area contributed by atoms with Crippen molar-refractivity contribution in [1.82, 2.24) is 19.0 Å². The zero-order chi connectivity index (χ0) is 22.7. The third kappa shape index (κ3) is 4.71. The number of piperazine rings is 1. The maximum absolute atomic E-state index is 14.0. The van der Waals surface area contributed by atoms with Crippen LogP contribution < -0.4 is 0 Å². The van der Waals surface area contributed by atoms with Crippen LogP contribution in [0.3, 0.4) is 0 Å². The summed E-state index contributed by atoms with van der Waals surface area (Å²) >= 11 is 0. The Morgan fingerprint density at radius 1 is 1.00 bits per heavy atom. The van der Waals surface area contributed by atoms with E-state index in [-0.39, 0.29) is 38.5 Å². The van der Waals surface area contributed by atoms with Gasteiger partial charge < -0.3 is 4.90 Å². The van der Waals surface area contributed by atoms with E-state index in [0.717, 1.165) is 27.7 Å². The minimum atomic E-state index is -4.09. The number of sulfonamides is 1. The van der Waals surface area contributed by atoms with E-state index < -0.39 is 26.6 Å². The van der Waals surface area contributed by atoms with Crippen LogP contribution in [0, 0.1) is 11.6 Å². The molecule has 0 saturated carbocycles. The highest BCUT2D eigenvalue weighted by Crippen LogP contribution is 2.22. The van der Waals surface area contributed by atoms with Crippen LogP contribution in [0.15, 0.2) is 65.8 Å². The topological polar surface area (TPSA) is 75.5 Å². The smallest absolute Gasteiger partial charge is 0.246 e. The van der Waals surface area contributed by atoms with E-state index in [9.17, 15) is 22.0 Å². The molecule has 0 bridgehead atoms. The van der Waals surface area contributed by atoms with Crippen LogP contribution in [0.4, 0.5) is 8.78 Å². The molecule has 7 nitrogen and oxygen atoms in total. The van der Waals surface area contributed by atoms with Crippen LogP contribution in [-0.4, -0.2) is 59.5 Å². The minimum absolute atomic E-state index is 0.0524. The summed E-state index contributed by atoms with van der Waals surface area (Å²) in [6, 6.07) is 12.0. The molecule has 1 aliphatic rings. The predicted octanol–water partition coefficient (Wildman–Crippen LogP) is 2.62. The lowest BCUT2D eigenvalue weighted by atomic mass is 10.2. The van der Waals surface area contributed by atoms with E-state index in [1.54, 1.807) is 15.8 Å². The molecule has 168 valence electrons. The van der Waals surface area contributed by atoms with E-state index >= 15 is 0 Å². The number of carbonyl (C=O) groups is 1. The van der Waals surface area contributed by atoms with Crippen molar-refractivity contribution in [2.24, 2.45) is 0 Å². The van der Waals surface area contributed by atoms with Crippen LogP contribution in [0.5, 0.6) is 0 Å². The van der Waals surface area contributed by atoms with Gasteiger partial charge in [-0.15, -0.1) is 0 Å². The molecule has 1 aliphatic heterocycles. The number of halogens is 2. The summed E-state index contributed by atoms with van der Waals surface area (Å²) in [6.45, 7) is 0.530. The van der Waals surface area contributed by atoms with E-state index in [1.807, 2.05) is 36.5 Å². The second-order valence-electron chi connectivity index (χ2n) is 7.49. The number of aryl methyl sites for hydroxylation is 1. The van der Waals surface area contributed by atoms with Crippen LogP contribution in [0.25, 0.3) is 5.69 Å². The average molecular weight is 461 g/mol. The van der Waals surface area contributed by atoms with Gasteiger partial charge in [0.15, 0.2) is 0 Å². The Hall–Kier alpha value is -3.11. The number of hydrogen-bond acceptors (Lipinski definition) is 4. The maximum atomic E-state index is 14.0. The zero-order valence-corrected chi connectivity index (χ0v) is 18.0. The first kappa shape index (κ1) is 22.1. The van der Waals surface area contributed by atoms with Crippen molar-refractivity contribution in [3.63, 3.8) is 0 Å². The van der Waals surface area contributed by atoms with Crippen molar-refractivity contribution in [3.05, 3.63) is 78.1 Å². The summed E-state index contributed by atoms with van der Waals surface area (Å²) in [5.74, 6) is -2.05. The van der Waals surface area contributed by atoms with Crippen molar-refractivity contribution in [2.75, 3.05) is 26.2 Å². The second-order valence-corrected chi connectivity index (χ2v) is 9.39. The molecule has 1 amide bonds. The van der Waals surface area contributed by atoms with Gasteiger partial charge in [0.05, 0.1) is 11.9 Å². The molecule has 1 aromatic heterocycles. The number of carbonyl (C=O) groups excluding carboxylic acids is 1. The first-order chi connectivity index (χ1) is 15.3. The fourth-order valence-electron chi connectivity index (χ4n) is 3.62. The molecule has 32 heavy (non-hydrogen) atoms. The van der Waals surface area contributed by atoms with Gasteiger partial charge in [0, 0.05) is 44.9 Å². The summed E-state index contributed by atoms with van der Waals surface area (Å²) < 4.78 is 55.3. The first-order valence-electron chi connectivity index (χ1n) is 10.2. The number of para-hydroxylation sites is 1. The van der Waals surface area contributed by atoms with Gasteiger partial charge in [0.1, 0.15) is 16.5 Å². The molecule has 0 N–H and O–H groups in total. The molecule has 10 heteroatoms. The highest BCUT2D eigenvalue weighted by Gasteiger charge is 2.32. The van der Waals surface area contributed by atoms with Crippen LogP contribution in [-0.2, 0) is 21.2 Å². The summed E-state index contributed by atoms with van der Waals surface area (Å²) in [7, 11) is -4.09. The standard InChI is InChI=1S/C22H22F2N4O3S/c23-18-7-8-21(20(24)14-18)32(30,31)27-12-10-26(11-13-27)22(29)9-6-17-15-25-28(16-17)19-4-2-1-3-5-19/h1-5,7-8,14-16H,6,9-13H2. The molecule has 0 aliphatic carbocycles. The van der Waals surface area contributed by atoms with Crippen molar-refractivity contribution in [3.8, 4) is 5.69 Å². The second kappa shape index (κ2) is 9.17. The van der Waals surface area contributed by atoms with Crippen molar-refractivity contribution < 1.29 is 22.0 Å². The first-order valence-corrected chi connectivity index (χ1v) is 11.6. The molecule has 0 unspecified atom stereocenters. The lowest BCUT2D eigenvalue weighted by molar-refractivity contribution is -0.132. The molecule has 4 rings (SSSR count). The van der Waals surface area contributed by atoms with Crippen molar-refractivity contribution in [2.45, 2.75) is 17.7 Å². The molecule has 0 radical (unpaired) electrons. The Bertz CT molecular complexity index is 1210. The van der Waals surface area contributed by atoms with Gasteiger partial charge in [-0.2, -0.15) is 9.40 Å². The molecule has 1 fully saturated rings. The van der Waals surface area contributed by atoms with Gasteiger partial charge in [-0.05, 0) is 36.2 Å². The predicted molar refractivity (Wildman–Crippen MR) is 114 cm³/mol. The Kier molecular flexibility index (Phi) is 6.33. The van der Waals surface area contributed by atoms with Gasteiger partial charge >= 0.3 is 0 Å².